The van der Waals surface area contributed by atoms with Crippen LogP contribution < -0.4 is 21.7 Å². The van der Waals surface area contributed by atoms with Gasteiger partial charge in [0.15, 0.2) is 5.78 Å². The Morgan fingerprint density at radius 2 is 1.60 bits per heavy atom. The molecule has 3 aliphatic heterocycles. The number of epoxide rings is 1. The second-order valence-electron chi connectivity index (χ2n) is 22.8. The fraction of sp³-hybridized carbons (Fsp3) is 0.650. The average Bonchev–Trinajstić information content (AvgIpc) is 3.26. The van der Waals surface area contributed by atoms with Gasteiger partial charge >= 0.3 is 18.2 Å². The van der Waals surface area contributed by atoms with Crippen LogP contribution in [-0.4, -0.2) is 162 Å². The molecule has 0 unspecified atom stereocenters. The number of carboxylic acid groups (broad SMARTS) is 1. The maximum Gasteiger partial charge on any atom is 0.409 e. The van der Waals surface area contributed by atoms with Crippen molar-refractivity contribution < 1.29 is 77.0 Å². The molecule has 7 N–H and O–H groups in total. The third-order valence-electron chi connectivity index (χ3n) is 15.3. The van der Waals surface area contributed by atoms with Gasteiger partial charge in [-0.3, -0.25) is 38.5 Å². The van der Waals surface area contributed by atoms with Crippen molar-refractivity contribution >= 4 is 53.5 Å². The number of nitrogens with zero attached hydrogens (tertiary/aromatic N) is 2. The highest BCUT2D eigenvalue weighted by molar-refractivity contribution is 6.12. The number of carbonyl (C=O) groups excluding carboxylic acids is 8. The van der Waals surface area contributed by atoms with Gasteiger partial charge in [-0.2, -0.15) is 0 Å². The first kappa shape index (κ1) is 68.0. The third kappa shape index (κ3) is 22.0. The number of unbranched alkanes of at least 4 members (excludes halogenated alkanes) is 3. The van der Waals surface area contributed by atoms with E-state index in [9.17, 15) is 53.4 Å². The summed E-state index contributed by atoms with van der Waals surface area (Å²) in [4.78, 5) is 116. The van der Waals surface area contributed by atoms with Crippen LogP contribution in [0.4, 0.5) is 9.59 Å². The van der Waals surface area contributed by atoms with Crippen molar-refractivity contribution in [2.75, 3.05) is 33.8 Å². The van der Waals surface area contributed by atoms with Crippen molar-refractivity contribution in [1.82, 2.24) is 25.8 Å². The number of allylic oxidation sites excluding steroid dienone is 3. The van der Waals surface area contributed by atoms with Crippen LogP contribution in [0.25, 0.3) is 0 Å². The molecule has 1 aromatic rings. The van der Waals surface area contributed by atoms with Crippen molar-refractivity contribution in [2.24, 2.45) is 29.4 Å². The highest BCUT2D eigenvalue weighted by Crippen LogP contribution is 2.47. The number of Topliss-reactive ketones (excluding diaryl/α,β-unsaturated/α-hetero) is 1. The summed E-state index contributed by atoms with van der Waals surface area (Å²) < 4.78 is 29.3. The Hall–Kier alpha value is -6.49. The Balaban J connectivity index is 1.23. The van der Waals surface area contributed by atoms with Crippen LogP contribution in [0.15, 0.2) is 60.2 Å². The number of hydrogen-bond donors (Lipinski definition) is 6. The van der Waals surface area contributed by atoms with Gasteiger partial charge < -0.3 is 60.5 Å². The maximum atomic E-state index is 13.8. The SMILES string of the molecule is CO[C@H]([C@@H](C)[C@H]1O[C@]1(C)C[C@H](C)/C=C/C=C(\C)[C@H]1O[C@@H](CC(=O)O)C[C@@H](OC(=O)N(C)CCNC(=O)OCc2ccc(CC(=O)[C@H](CCCCC(N)=O)NC(=O)[C@@H](NC(=O)CCCCCN3C(=O)C=CC3=O)C(C)C)cc2)[C@@H]1C)[C@@H](C)O. The number of ether oxygens (including phenoxy) is 5. The van der Waals surface area contributed by atoms with Gasteiger partial charge in [-0.15, -0.1) is 0 Å². The summed E-state index contributed by atoms with van der Waals surface area (Å²) >= 11 is 0. The lowest BCUT2D eigenvalue weighted by Crippen LogP contribution is -2.53. The molecule has 0 aliphatic carbocycles. The number of primary amides is 1. The van der Waals surface area contributed by atoms with Gasteiger partial charge in [0.2, 0.25) is 17.7 Å². The Kier molecular flexibility index (Phi) is 27.3. The van der Waals surface area contributed by atoms with E-state index in [4.69, 9.17) is 29.4 Å². The van der Waals surface area contributed by atoms with Crippen LogP contribution in [0.1, 0.15) is 137 Å². The minimum Gasteiger partial charge on any atom is -0.481 e. The molecule has 0 bridgehead atoms. The van der Waals surface area contributed by atoms with E-state index in [0.717, 1.165) is 16.9 Å². The van der Waals surface area contributed by atoms with Gasteiger partial charge in [-0.25, -0.2) is 9.59 Å². The maximum absolute atomic E-state index is 13.8. The second-order valence-corrected chi connectivity index (χ2v) is 22.8. The van der Waals surface area contributed by atoms with Crippen molar-refractivity contribution in [3.8, 4) is 0 Å². The van der Waals surface area contributed by atoms with Crippen molar-refractivity contribution in [1.29, 1.82) is 0 Å². The molecular formula is C60H90N6O16. The zero-order valence-corrected chi connectivity index (χ0v) is 49.5. The lowest BCUT2D eigenvalue weighted by Gasteiger charge is -2.40. The van der Waals surface area contributed by atoms with Gasteiger partial charge in [0, 0.05) is 83.5 Å². The summed E-state index contributed by atoms with van der Waals surface area (Å²) in [6.07, 6.45) is 7.61. The number of amides is 7. The fourth-order valence-corrected chi connectivity index (χ4v) is 10.7. The molecular weight excluding hydrogens is 1060 g/mol. The molecule has 82 heavy (non-hydrogen) atoms. The summed E-state index contributed by atoms with van der Waals surface area (Å²) in [6, 6.07) is 4.95. The number of carboxylic acids is 1. The summed E-state index contributed by atoms with van der Waals surface area (Å²) in [6.45, 7) is 15.5. The van der Waals surface area contributed by atoms with Crippen molar-refractivity contribution in [3.05, 3.63) is 71.3 Å². The number of alkyl carbamates (subject to hydrolysis) is 1. The van der Waals surface area contributed by atoms with Crippen LogP contribution in [0.2, 0.25) is 0 Å². The molecule has 0 radical (unpaired) electrons. The lowest BCUT2D eigenvalue weighted by atomic mass is 9.85. The number of aliphatic hydroxyl groups is 1. The number of nitrogens with one attached hydrogen (secondary N) is 3. The number of aliphatic carboxylic acids is 1. The van der Waals surface area contributed by atoms with Crippen molar-refractivity contribution in [3.63, 3.8) is 0 Å². The van der Waals surface area contributed by atoms with Crippen molar-refractivity contribution in [2.45, 2.75) is 193 Å². The number of carbonyl (C=O) groups is 9. The zero-order chi connectivity index (χ0) is 60.8. The van der Waals surface area contributed by atoms with E-state index >= 15 is 0 Å². The Bertz CT molecular complexity index is 2430. The minimum atomic E-state index is -1.04. The molecule has 22 nitrogen and oxygen atoms in total. The molecule has 0 spiro atoms. The van der Waals surface area contributed by atoms with Crippen LogP contribution in [-0.2, 0) is 70.3 Å². The average molecular weight is 1150 g/mol. The molecule has 22 heteroatoms. The van der Waals surface area contributed by atoms with Gasteiger partial charge in [-0.1, -0.05) is 90.0 Å². The normalized spacial score (nSPS) is 22.9. The van der Waals surface area contributed by atoms with E-state index in [1.54, 1.807) is 52.1 Å². The molecule has 0 saturated carbocycles. The summed E-state index contributed by atoms with van der Waals surface area (Å²) in [5.41, 5.74) is 7.07. The molecule has 1 aromatic carbocycles. The monoisotopic (exact) mass is 1150 g/mol. The van der Waals surface area contributed by atoms with Crippen LogP contribution in [0, 0.1) is 23.7 Å². The van der Waals surface area contributed by atoms with E-state index in [2.05, 4.69) is 35.9 Å². The molecule has 0 aromatic heterocycles. The number of ketones is 1. The van der Waals surface area contributed by atoms with Gasteiger partial charge in [0.1, 0.15) is 18.8 Å². The highest BCUT2D eigenvalue weighted by atomic mass is 16.6. The first-order valence-electron chi connectivity index (χ1n) is 28.7. The summed E-state index contributed by atoms with van der Waals surface area (Å²) in [7, 11) is 3.11. The number of methoxy groups -OCH3 is 1. The van der Waals surface area contributed by atoms with Crippen LogP contribution in [0.3, 0.4) is 0 Å². The zero-order valence-electron chi connectivity index (χ0n) is 49.5. The minimum absolute atomic E-state index is 0.00591. The number of benzene rings is 1. The lowest BCUT2D eigenvalue weighted by molar-refractivity contribution is -0.151. The Morgan fingerprint density at radius 1 is 0.939 bits per heavy atom. The predicted octanol–water partition coefficient (Wildman–Crippen LogP) is 5.60. The van der Waals surface area contributed by atoms with Gasteiger partial charge in [-0.05, 0) is 81.4 Å². The summed E-state index contributed by atoms with van der Waals surface area (Å²) in [5.74, 6) is -3.90. The molecule has 2 saturated heterocycles. The number of nitrogens with two attached hydrogens (primary N) is 1. The molecule has 12 atom stereocenters. The smallest absolute Gasteiger partial charge is 0.409 e. The Labute approximate surface area is 482 Å². The third-order valence-corrected chi connectivity index (χ3v) is 15.3. The van der Waals surface area contributed by atoms with Gasteiger partial charge in [0.05, 0.1) is 48.6 Å². The number of rotatable bonds is 35. The number of hydrogen-bond acceptors (Lipinski definition) is 15. The molecule has 3 aliphatic rings. The first-order chi connectivity index (χ1) is 38.7. The molecule has 456 valence electrons. The fourth-order valence-electron chi connectivity index (χ4n) is 10.7. The first-order valence-corrected chi connectivity index (χ1v) is 28.7. The van der Waals surface area contributed by atoms with Crippen LogP contribution >= 0.6 is 0 Å². The highest BCUT2D eigenvalue weighted by Gasteiger charge is 2.57. The number of aliphatic hydroxyl groups excluding tert-OH is 1. The predicted molar refractivity (Wildman–Crippen MR) is 303 cm³/mol. The molecule has 3 heterocycles. The van der Waals surface area contributed by atoms with E-state index in [-0.39, 0.29) is 130 Å². The van der Waals surface area contributed by atoms with Crippen LogP contribution in [0.5, 0.6) is 0 Å². The van der Waals surface area contributed by atoms with E-state index in [1.165, 1.54) is 24.1 Å². The topological polar surface area (TPSA) is 312 Å². The van der Waals surface area contributed by atoms with E-state index < -0.39 is 66.5 Å². The largest absolute Gasteiger partial charge is 0.481 e. The molecule has 7 amide bonds. The second kappa shape index (κ2) is 33.0. The Morgan fingerprint density at radius 3 is 2.22 bits per heavy atom. The standard InChI is InChI=1S/C60H90N6O16/c1-36(2)53(64-49(70)21-12-11-15-29-66-50(71)26-27-51(66)72)57(75)63-45(19-13-14-20-48(61)69)46(68)31-42-22-24-43(25-23-42)35-79-58(76)62-28-30-65(9)59(77)81-47-32-44(33-52(73)74)80-54(39(47)5)38(4)18-16-17-37(3)34-60(8)56(82-60)40(6)55(78-10)41(7)67/h16-18,22-27,36-37,39-41,44-45,47,53-56,67H,11-15,19-21,28-35H2,1-10H3,(H2,61,69)(H,62,76)(H,63,75)(H,64,70)(H,73,74)/b17-16+,38-18+/t37-,39+,40-,41-,44-,45+,47-,53+,54-,55-,56-,60-/m1/s1. The van der Waals surface area contributed by atoms with E-state index in [1.807, 2.05) is 32.9 Å². The number of likely N-dealkylation sites (N-methyl/N-ethyl adjacent to an activating group) is 1. The quantitative estimate of drug-likeness (QED) is 0.0208. The molecule has 4 rings (SSSR count). The summed E-state index contributed by atoms with van der Waals surface area (Å²) in [5, 5.41) is 28.0. The number of imide groups is 1. The molecule has 2 fully saturated rings. The van der Waals surface area contributed by atoms with E-state index in [0.29, 0.717) is 43.2 Å². The van der Waals surface area contributed by atoms with Gasteiger partial charge in [0.25, 0.3) is 11.8 Å².